The van der Waals surface area contributed by atoms with Gasteiger partial charge in [0.05, 0.1) is 4.92 Å². The summed E-state index contributed by atoms with van der Waals surface area (Å²) in [7, 11) is 0. The van der Waals surface area contributed by atoms with Gasteiger partial charge < -0.3 is 5.11 Å². The highest BCUT2D eigenvalue weighted by molar-refractivity contribution is 5.89. The molecule has 86 valence electrons. The first-order valence-corrected chi connectivity index (χ1v) is 4.81. The van der Waals surface area contributed by atoms with Crippen LogP contribution in [0.15, 0.2) is 24.3 Å². The molecule has 0 bridgehead atoms. The van der Waals surface area contributed by atoms with Crippen molar-refractivity contribution < 1.29 is 14.8 Å². The number of hydrogen-bond donors (Lipinski definition) is 1. The molecule has 0 aliphatic heterocycles. The molecule has 1 aromatic carbocycles. The number of carboxylic acid groups (broad SMARTS) is 1. The molecule has 1 rings (SSSR count). The maximum absolute atomic E-state index is 11.0. The quantitative estimate of drug-likeness (QED) is 0.629. The van der Waals surface area contributed by atoms with Crippen LogP contribution >= 0.6 is 0 Å². The molecule has 0 unspecified atom stereocenters. The van der Waals surface area contributed by atoms with Crippen molar-refractivity contribution in [3.05, 3.63) is 34.4 Å². The maximum atomic E-state index is 11.0. The Kier molecular flexibility index (Phi) is 3.82. The molecular weight excluding hydrogens is 212 g/mol. The van der Waals surface area contributed by atoms with Gasteiger partial charge in [-0.15, -0.1) is 0 Å². The molecule has 16 heavy (non-hydrogen) atoms. The fourth-order valence-corrected chi connectivity index (χ4v) is 1.39. The van der Waals surface area contributed by atoms with Crippen molar-refractivity contribution in [2.45, 2.75) is 13.3 Å². The average Bonchev–Trinajstić information content (AvgIpc) is 2.25. The van der Waals surface area contributed by atoms with Gasteiger partial charge in [0.1, 0.15) is 5.69 Å². The Morgan fingerprint density at radius 1 is 1.50 bits per heavy atom. The molecule has 0 saturated carbocycles. The van der Waals surface area contributed by atoms with Crippen LogP contribution in [0.25, 0.3) is 0 Å². The van der Waals surface area contributed by atoms with Gasteiger partial charge in [0.2, 0.25) is 0 Å². The van der Waals surface area contributed by atoms with Gasteiger partial charge in [-0.3, -0.25) is 15.0 Å². The largest absolute Gasteiger partial charge is 0.465 e. The number of benzene rings is 1. The van der Waals surface area contributed by atoms with E-state index >= 15 is 0 Å². The monoisotopic (exact) mass is 224 g/mol. The van der Waals surface area contributed by atoms with E-state index in [9.17, 15) is 14.9 Å². The average molecular weight is 224 g/mol. The third-order valence-corrected chi connectivity index (χ3v) is 2.05. The minimum Gasteiger partial charge on any atom is -0.465 e. The van der Waals surface area contributed by atoms with Crippen LogP contribution in [0, 0.1) is 10.1 Å². The second-order valence-corrected chi connectivity index (χ2v) is 3.18. The molecule has 0 heterocycles. The van der Waals surface area contributed by atoms with Crippen LogP contribution in [0.3, 0.4) is 0 Å². The lowest BCUT2D eigenvalue weighted by Crippen LogP contribution is -2.30. The molecule has 0 saturated heterocycles. The number of amides is 1. The van der Waals surface area contributed by atoms with Crippen LogP contribution in [0.1, 0.15) is 13.3 Å². The van der Waals surface area contributed by atoms with Crippen molar-refractivity contribution in [1.82, 2.24) is 0 Å². The third kappa shape index (κ3) is 2.47. The number of nitro benzene ring substituents is 1. The first-order valence-electron chi connectivity index (χ1n) is 4.81. The van der Waals surface area contributed by atoms with E-state index in [0.29, 0.717) is 6.42 Å². The van der Waals surface area contributed by atoms with E-state index in [1.54, 1.807) is 6.07 Å². The molecular formula is C10H12N2O4. The molecule has 1 N–H and O–H groups in total. The molecule has 6 heteroatoms. The lowest BCUT2D eigenvalue weighted by atomic mass is 10.2. The zero-order valence-electron chi connectivity index (χ0n) is 8.79. The summed E-state index contributed by atoms with van der Waals surface area (Å²) >= 11 is 0. The summed E-state index contributed by atoms with van der Waals surface area (Å²) in [5, 5.41) is 19.7. The number of rotatable bonds is 4. The zero-order chi connectivity index (χ0) is 12.1. The van der Waals surface area contributed by atoms with Gasteiger partial charge in [0, 0.05) is 12.6 Å². The second kappa shape index (κ2) is 5.11. The van der Waals surface area contributed by atoms with E-state index in [-0.39, 0.29) is 17.9 Å². The summed E-state index contributed by atoms with van der Waals surface area (Å²) in [6.45, 7) is 2.05. The summed E-state index contributed by atoms with van der Waals surface area (Å²) in [5.74, 6) is 0. The van der Waals surface area contributed by atoms with Crippen molar-refractivity contribution in [3.8, 4) is 0 Å². The predicted octanol–water partition coefficient (Wildman–Crippen LogP) is 2.49. The van der Waals surface area contributed by atoms with E-state index in [4.69, 9.17) is 5.11 Å². The maximum Gasteiger partial charge on any atom is 0.412 e. The van der Waals surface area contributed by atoms with Crippen LogP contribution < -0.4 is 4.90 Å². The highest BCUT2D eigenvalue weighted by Crippen LogP contribution is 2.27. The Balaban J connectivity index is 3.17. The molecule has 1 amide bonds. The summed E-state index contributed by atoms with van der Waals surface area (Å²) in [5.41, 5.74) is -0.0831. The zero-order valence-corrected chi connectivity index (χ0v) is 8.79. The summed E-state index contributed by atoms with van der Waals surface area (Å²) < 4.78 is 0. The number of anilines is 1. The fraction of sp³-hybridized carbons (Fsp3) is 0.300. The SMILES string of the molecule is CCCN(C(=O)O)c1ccccc1[N+](=O)[O-]. The van der Waals surface area contributed by atoms with Crippen molar-refractivity contribution in [2.24, 2.45) is 0 Å². The van der Waals surface area contributed by atoms with Gasteiger partial charge in [-0.2, -0.15) is 0 Å². The van der Waals surface area contributed by atoms with Crippen LogP contribution in [0.5, 0.6) is 0 Å². The molecule has 0 atom stereocenters. The highest BCUT2D eigenvalue weighted by atomic mass is 16.6. The molecule has 1 aromatic rings. The van der Waals surface area contributed by atoms with E-state index < -0.39 is 11.0 Å². The van der Waals surface area contributed by atoms with Crippen LogP contribution in [0.4, 0.5) is 16.2 Å². The number of nitrogens with zero attached hydrogens (tertiary/aromatic N) is 2. The Morgan fingerprint density at radius 3 is 2.62 bits per heavy atom. The molecule has 0 spiro atoms. The number of para-hydroxylation sites is 2. The smallest absolute Gasteiger partial charge is 0.412 e. The van der Waals surface area contributed by atoms with Crippen molar-refractivity contribution in [3.63, 3.8) is 0 Å². The van der Waals surface area contributed by atoms with Gasteiger partial charge in [0.15, 0.2) is 0 Å². The standard InChI is InChI=1S/C10H12N2O4/c1-2-7-11(10(13)14)8-5-3-4-6-9(8)12(15)16/h3-6H,2,7H2,1H3,(H,13,14). The molecule has 0 fully saturated rings. The van der Waals surface area contributed by atoms with Crippen LogP contribution in [-0.2, 0) is 0 Å². The second-order valence-electron chi connectivity index (χ2n) is 3.18. The first kappa shape index (κ1) is 12.0. The van der Waals surface area contributed by atoms with E-state index in [0.717, 1.165) is 4.90 Å². The van der Waals surface area contributed by atoms with Gasteiger partial charge in [-0.25, -0.2) is 4.79 Å². The van der Waals surface area contributed by atoms with Crippen molar-refractivity contribution in [2.75, 3.05) is 11.4 Å². The first-order chi connectivity index (χ1) is 7.57. The molecule has 0 aromatic heterocycles. The molecule has 6 nitrogen and oxygen atoms in total. The van der Waals surface area contributed by atoms with Gasteiger partial charge in [-0.05, 0) is 12.5 Å². The Bertz CT molecular complexity index is 406. The van der Waals surface area contributed by atoms with E-state index in [1.807, 2.05) is 6.92 Å². The molecule has 0 aliphatic rings. The highest BCUT2D eigenvalue weighted by Gasteiger charge is 2.22. The van der Waals surface area contributed by atoms with Crippen molar-refractivity contribution >= 4 is 17.5 Å². The van der Waals surface area contributed by atoms with Gasteiger partial charge in [0.25, 0.3) is 5.69 Å². The lowest BCUT2D eigenvalue weighted by Gasteiger charge is -2.17. The summed E-state index contributed by atoms with van der Waals surface area (Å²) in [6.07, 6.45) is -0.589. The summed E-state index contributed by atoms with van der Waals surface area (Å²) in [4.78, 5) is 22.1. The summed E-state index contributed by atoms with van der Waals surface area (Å²) in [6, 6.07) is 5.81. The minimum absolute atomic E-state index is 0.113. The van der Waals surface area contributed by atoms with Gasteiger partial charge in [-0.1, -0.05) is 19.1 Å². The van der Waals surface area contributed by atoms with Crippen LogP contribution in [-0.4, -0.2) is 22.7 Å². The third-order valence-electron chi connectivity index (χ3n) is 2.05. The number of carbonyl (C=O) groups is 1. The lowest BCUT2D eigenvalue weighted by molar-refractivity contribution is -0.384. The Morgan fingerprint density at radius 2 is 2.12 bits per heavy atom. The van der Waals surface area contributed by atoms with Crippen LogP contribution in [0.2, 0.25) is 0 Å². The van der Waals surface area contributed by atoms with Gasteiger partial charge >= 0.3 is 6.09 Å². The Hall–Kier alpha value is -2.11. The topological polar surface area (TPSA) is 83.7 Å². The van der Waals surface area contributed by atoms with Crippen molar-refractivity contribution in [1.29, 1.82) is 0 Å². The normalized spacial score (nSPS) is 9.81. The number of hydrogen-bond acceptors (Lipinski definition) is 3. The Labute approximate surface area is 92.3 Å². The fourth-order valence-electron chi connectivity index (χ4n) is 1.39. The minimum atomic E-state index is -1.18. The molecule has 0 radical (unpaired) electrons. The van der Waals surface area contributed by atoms with E-state index in [1.165, 1.54) is 18.2 Å². The van der Waals surface area contributed by atoms with E-state index in [2.05, 4.69) is 0 Å². The number of nitro groups is 1. The predicted molar refractivity (Wildman–Crippen MR) is 58.8 cm³/mol. The molecule has 0 aliphatic carbocycles.